The van der Waals surface area contributed by atoms with E-state index in [-0.39, 0.29) is 62.2 Å². The summed E-state index contributed by atoms with van der Waals surface area (Å²) < 4.78 is 75.6. The molecule has 0 radical (unpaired) electrons. The molecule has 3 N–H and O–H groups in total. The lowest BCUT2D eigenvalue weighted by atomic mass is 9.87. The molecule has 2 aromatic rings. The van der Waals surface area contributed by atoms with Crippen LogP contribution >= 0.6 is 0 Å². The number of aryl methyl sites for hydroxylation is 2. The summed E-state index contributed by atoms with van der Waals surface area (Å²) in [4.78, 5) is 63.2. The van der Waals surface area contributed by atoms with Crippen molar-refractivity contribution >= 4 is 44.7 Å². The van der Waals surface area contributed by atoms with Crippen molar-refractivity contribution in [2.45, 2.75) is 132 Å². The largest absolute Gasteiger partial charge is 0.483 e. The van der Waals surface area contributed by atoms with Crippen LogP contribution in [0.25, 0.3) is 10.9 Å². The molecule has 4 amide bonds. The number of benzene rings is 1. The van der Waals surface area contributed by atoms with Gasteiger partial charge in [0.15, 0.2) is 0 Å². The smallest absolute Gasteiger partial charge is 0.416 e. The second kappa shape index (κ2) is 14.5. The van der Waals surface area contributed by atoms with Crippen LogP contribution in [0.3, 0.4) is 0 Å². The summed E-state index contributed by atoms with van der Waals surface area (Å²) in [7, 11) is -4.06. The number of pyridine rings is 1. The number of aromatic nitrogens is 1. The Morgan fingerprint density at radius 3 is 2.54 bits per heavy atom. The van der Waals surface area contributed by atoms with Crippen LogP contribution in [0.4, 0.5) is 18.0 Å². The van der Waals surface area contributed by atoms with Crippen molar-refractivity contribution in [1.82, 2.24) is 24.8 Å². The molecule has 2 aliphatic carbocycles. The van der Waals surface area contributed by atoms with E-state index in [1.807, 2.05) is 26.0 Å². The van der Waals surface area contributed by atoms with Crippen LogP contribution < -0.4 is 14.8 Å². The van der Waals surface area contributed by atoms with Gasteiger partial charge in [-0.15, -0.1) is 0 Å². The third kappa shape index (κ3) is 7.67. The van der Waals surface area contributed by atoms with Crippen molar-refractivity contribution in [3.05, 3.63) is 47.2 Å². The lowest BCUT2D eigenvalue weighted by Gasteiger charge is -2.37. The monoisotopic (exact) mass is 817 g/mol. The summed E-state index contributed by atoms with van der Waals surface area (Å²) in [6, 6.07) is 0.935. The number of allylic oxidation sites excluding steroid dienone is 1. The van der Waals surface area contributed by atoms with Gasteiger partial charge in [0, 0.05) is 29.8 Å². The Kier molecular flexibility index (Phi) is 10.3. The van der Waals surface area contributed by atoms with E-state index in [4.69, 9.17) is 4.74 Å². The Morgan fingerprint density at radius 1 is 1.14 bits per heavy atom. The summed E-state index contributed by atoms with van der Waals surface area (Å²) in [5.41, 5.74) is -2.37. The maximum atomic E-state index is 14.9. The van der Waals surface area contributed by atoms with Gasteiger partial charge in [-0.05, 0) is 89.3 Å². The first-order valence-electron chi connectivity index (χ1n) is 19.7. The fourth-order valence-electron chi connectivity index (χ4n) is 8.74. The topological polar surface area (TPSA) is 175 Å². The van der Waals surface area contributed by atoms with Gasteiger partial charge in [0.25, 0.3) is 5.91 Å². The van der Waals surface area contributed by atoms with E-state index in [1.54, 1.807) is 13.8 Å². The number of carboxylic acid groups (broad SMARTS) is 1. The molecule has 3 fully saturated rings. The highest BCUT2D eigenvalue weighted by Gasteiger charge is 2.64. The first kappa shape index (κ1) is 40.8. The quantitative estimate of drug-likeness (QED) is 0.313. The normalized spacial score (nSPS) is 29.3. The predicted octanol–water partition coefficient (Wildman–Crippen LogP) is 5.63. The highest BCUT2D eigenvalue weighted by atomic mass is 32.2. The minimum atomic E-state index is -4.59. The van der Waals surface area contributed by atoms with Gasteiger partial charge >= 0.3 is 12.3 Å². The second-order valence-corrected chi connectivity index (χ2v) is 19.5. The molecule has 13 nitrogen and oxygen atoms in total. The number of carbonyl (C=O) groups excluding carboxylic acids is 3. The van der Waals surface area contributed by atoms with E-state index in [1.165, 1.54) is 11.0 Å². The van der Waals surface area contributed by atoms with Crippen molar-refractivity contribution < 1.29 is 50.6 Å². The van der Waals surface area contributed by atoms with E-state index < -0.39 is 79.5 Å². The van der Waals surface area contributed by atoms with E-state index in [2.05, 4.69) is 15.0 Å². The average Bonchev–Trinajstić information content (AvgIpc) is 4.02. The Hall–Kier alpha value is -4.41. The molecular weight excluding hydrogens is 768 g/mol. The van der Waals surface area contributed by atoms with Gasteiger partial charge in [-0.2, -0.15) is 13.2 Å². The SMILES string of the molecule is Cc1nc2ccc(C(F)(F)F)cc2c2c1O[C@]1(CC2)C[C@H]2C(=O)N[C@]3(C(=O)NS(=O)(=O)C4(C)CC4)C[C@H]3/C=C\CCCCC[C@H](N(CC(C)C)C(=O)O)C(=O)N2C1. The van der Waals surface area contributed by atoms with Crippen LogP contribution in [0.1, 0.15) is 102 Å². The molecule has 3 aliphatic heterocycles. The molecule has 2 saturated carbocycles. The Labute approximate surface area is 329 Å². The van der Waals surface area contributed by atoms with Crippen molar-refractivity contribution in [2.75, 3.05) is 13.1 Å². The van der Waals surface area contributed by atoms with E-state index in [0.717, 1.165) is 23.5 Å². The van der Waals surface area contributed by atoms with Crippen LogP contribution in [0.15, 0.2) is 30.4 Å². The summed E-state index contributed by atoms with van der Waals surface area (Å²) in [6.07, 6.45) is 1.86. The number of nitrogens with zero attached hydrogens (tertiary/aromatic N) is 3. The predicted molar refractivity (Wildman–Crippen MR) is 203 cm³/mol. The van der Waals surface area contributed by atoms with Crippen LogP contribution in [0.2, 0.25) is 0 Å². The molecule has 0 bridgehead atoms. The van der Waals surface area contributed by atoms with Gasteiger partial charge < -0.3 is 20.1 Å². The highest BCUT2D eigenvalue weighted by molar-refractivity contribution is 7.91. The zero-order valence-corrected chi connectivity index (χ0v) is 33.4. The number of carbonyl (C=O) groups is 4. The molecule has 310 valence electrons. The van der Waals surface area contributed by atoms with Crippen molar-refractivity contribution in [2.24, 2.45) is 11.8 Å². The number of halogens is 3. The molecule has 57 heavy (non-hydrogen) atoms. The first-order chi connectivity index (χ1) is 26.7. The summed E-state index contributed by atoms with van der Waals surface area (Å²) in [5.74, 6) is -2.57. The zero-order valence-electron chi connectivity index (χ0n) is 32.6. The molecule has 1 aromatic carbocycles. The number of hydrogen-bond donors (Lipinski definition) is 3. The first-order valence-corrected chi connectivity index (χ1v) is 21.2. The van der Waals surface area contributed by atoms with E-state index in [9.17, 15) is 45.9 Å². The molecule has 17 heteroatoms. The van der Waals surface area contributed by atoms with Crippen LogP contribution in [0, 0.1) is 18.8 Å². The number of nitrogens with one attached hydrogen (secondary N) is 2. The lowest BCUT2D eigenvalue weighted by molar-refractivity contribution is -0.143. The van der Waals surface area contributed by atoms with Gasteiger partial charge in [-0.1, -0.05) is 38.8 Å². The summed E-state index contributed by atoms with van der Waals surface area (Å²) >= 11 is 0. The van der Waals surface area contributed by atoms with Crippen LogP contribution in [-0.4, -0.2) is 93.2 Å². The molecular formula is C40H50F3N5O8S. The fourth-order valence-corrected chi connectivity index (χ4v) is 10.0. The number of rotatable bonds is 6. The van der Waals surface area contributed by atoms with Gasteiger partial charge in [-0.3, -0.25) is 24.0 Å². The summed E-state index contributed by atoms with van der Waals surface area (Å²) in [6.45, 7) is 6.81. The Morgan fingerprint density at radius 2 is 1.88 bits per heavy atom. The molecule has 5 atom stereocenters. The standard InChI is InChI=1S/C40H50F3N5O8S/c1-23(2)21-47(36(52)53)30-11-9-7-5-6-8-10-26-19-39(26,35(51)46-57(54,55)37(4)16-17-37)45-33(49)31-20-38(22-48(31)34(30)50)15-14-27-28-18-25(40(41,42)43)12-13-29(28)44-24(3)32(27)56-38/h8,10,12-13,18,23,26,30-31H,5-7,9,11,14-17,19-22H2,1-4H3,(H,45,49)(H,46,51)(H,52,53)/b10-8-/t26-,30+,31+,38-,39-/m1/s1. The third-order valence-electron chi connectivity index (χ3n) is 12.5. The number of hydrogen-bond acceptors (Lipinski definition) is 8. The Bertz CT molecular complexity index is 2140. The van der Waals surface area contributed by atoms with Gasteiger partial charge in [0.2, 0.25) is 21.8 Å². The highest BCUT2D eigenvalue weighted by Crippen LogP contribution is 2.49. The molecule has 0 unspecified atom stereocenters. The molecule has 1 saturated heterocycles. The Balaban J connectivity index is 1.27. The summed E-state index contributed by atoms with van der Waals surface area (Å²) in [5, 5.41) is 13.5. The second-order valence-electron chi connectivity index (χ2n) is 17.3. The number of ether oxygens (including phenoxy) is 1. The lowest BCUT2D eigenvalue weighted by Crippen LogP contribution is -2.59. The van der Waals surface area contributed by atoms with Crippen LogP contribution in [0.5, 0.6) is 5.75 Å². The minimum Gasteiger partial charge on any atom is -0.483 e. The maximum absolute atomic E-state index is 14.9. The molecule has 7 rings (SSSR count). The van der Waals surface area contributed by atoms with Gasteiger partial charge in [0.1, 0.15) is 29.0 Å². The number of fused-ring (bicyclic) bond motifs is 5. The van der Waals surface area contributed by atoms with Crippen molar-refractivity contribution in [3.63, 3.8) is 0 Å². The number of alkyl halides is 3. The van der Waals surface area contributed by atoms with Crippen molar-refractivity contribution in [1.29, 1.82) is 0 Å². The minimum absolute atomic E-state index is 0.0599. The third-order valence-corrected chi connectivity index (χ3v) is 14.6. The average molecular weight is 818 g/mol. The number of amides is 4. The molecule has 5 aliphatic rings. The van der Waals surface area contributed by atoms with Crippen molar-refractivity contribution in [3.8, 4) is 5.75 Å². The van der Waals surface area contributed by atoms with Gasteiger partial charge in [-0.25, -0.2) is 18.2 Å². The molecule has 1 aromatic heterocycles. The number of sulfonamides is 1. The molecule has 4 heterocycles. The van der Waals surface area contributed by atoms with Gasteiger partial charge in [0.05, 0.1) is 28.1 Å². The maximum Gasteiger partial charge on any atom is 0.416 e. The fraction of sp³-hybridized carbons (Fsp3) is 0.625. The van der Waals surface area contributed by atoms with Crippen LogP contribution in [-0.2, 0) is 37.0 Å². The van der Waals surface area contributed by atoms with E-state index in [0.29, 0.717) is 48.9 Å². The van der Waals surface area contributed by atoms with E-state index >= 15 is 0 Å². The zero-order chi connectivity index (χ0) is 41.3. The molecule has 1 spiro atoms.